The molecule has 0 aliphatic rings. The molecule has 0 aliphatic carbocycles. The maximum absolute atomic E-state index is 5.82. The quantitative estimate of drug-likeness (QED) is 0.631. The third kappa shape index (κ3) is 1.40. The van der Waals surface area contributed by atoms with E-state index in [2.05, 4.69) is 25.5 Å². The lowest BCUT2D eigenvalue weighted by Crippen LogP contribution is -1.95. The number of hydrogen-bond donors (Lipinski definition) is 0. The monoisotopic (exact) mass is 232 g/mol. The number of fused-ring (bicyclic) bond motifs is 1. The molecule has 0 aromatic carbocycles. The summed E-state index contributed by atoms with van der Waals surface area (Å²) in [6, 6.07) is 5.20. The van der Waals surface area contributed by atoms with Gasteiger partial charge < -0.3 is 0 Å². The zero-order chi connectivity index (χ0) is 11.0. The van der Waals surface area contributed by atoms with Gasteiger partial charge in [-0.3, -0.25) is 0 Å². The van der Waals surface area contributed by atoms with Gasteiger partial charge in [-0.05, 0) is 18.2 Å². The van der Waals surface area contributed by atoms with Crippen LogP contribution in [0.4, 0.5) is 0 Å². The van der Waals surface area contributed by atoms with Gasteiger partial charge in [0.1, 0.15) is 5.15 Å². The van der Waals surface area contributed by atoms with Crippen molar-refractivity contribution in [3.63, 3.8) is 0 Å². The first-order chi connectivity index (χ1) is 7.84. The Morgan fingerprint density at radius 2 is 2.00 bits per heavy atom. The molecule has 16 heavy (non-hydrogen) atoms. The summed E-state index contributed by atoms with van der Waals surface area (Å²) in [6.45, 7) is 0. The number of hydrogen-bond acceptors (Lipinski definition) is 5. The summed E-state index contributed by atoms with van der Waals surface area (Å²) in [7, 11) is 0. The molecule has 0 radical (unpaired) electrons. The third-order valence-corrected chi connectivity index (χ3v) is 2.27. The molecule has 0 unspecified atom stereocenters. The molecule has 3 heterocycles. The van der Waals surface area contributed by atoms with Crippen molar-refractivity contribution >= 4 is 17.2 Å². The molecule has 0 aliphatic heterocycles. The molecular formula is C9H5ClN6. The summed E-state index contributed by atoms with van der Waals surface area (Å²) in [5.41, 5.74) is 1.42. The average Bonchev–Trinajstić information content (AvgIpc) is 2.73. The second-order valence-corrected chi connectivity index (χ2v) is 3.47. The van der Waals surface area contributed by atoms with Crippen molar-refractivity contribution in [2.45, 2.75) is 0 Å². The van der Waals surface area contributed by atoms with Gasteiger partial charge in [-0.25, -0.2) is 0 Å². The molecule has 0 amide bonds. The minimum atomic E-state index is 0.385. The van der Waals surface area contributed by atoms with Gasteiger partial charge in [0.2, 0.25) is 0 Å². The van der Waals surface area contributed by atoms with E-state index in [4.69, 9.17) is 11.6 Å². The molecule has 3 aromatic heterocycles. The Hall–Kier alpha value is -2.08. The zero-order valence-corrected chi connectivity index (χ0v) is 8.70. The van der Waals surface area contributed by atoms with Crippen LogP contribution < -0.4 is 0 Å². The molecule has 0 fully saturated rings. The van der Waals surface area contributed by atoms with Crippen LogP contribution in [-0.4, -0.2) is 30.0 Å². The molecular weight excluding hydrogens is 228 g/mol. The molecule has 78 valence electrons. The van der Waals surface area contributed by atoms with Gasteiger partial charge in [0.05, 0.1) is 12.4 Å². The normalized spacial score (nSPS) is 10.8. The van der Waals surface area contributed by atoms with Crippen molar-refractivity contribution in [3.8, 4) is 11.4 Å². The van der Waals surface area contributed by atoms with E-state index in [0.717, 1.165) is 5.56 Å². The van der Waals surface area contributed by atoms with Crippen molar-refractivity contribution in [2.24, 2.45) is 0 Å². The molecule has 6 nitrogen and oxygen atoms in total. The van der Waals surface area contributed by atoms with Crippen molar-refractivity contribution in [2.75, 3.05) is 0 Å². The fourth-order valence-corrected chi connectivity index (χ4v) is 1.51. The second kappa shape index (κ2) is 3.49. The number of halogens is 1. The Kier molecular flexibility index (Phi) is 2.00. The van der Waals surface area contributed by atoms with Crippen LogP contribution >= 0.6 is 11.6 Å². The third-order valence-electron chi connectivity index (χ3n) is 2.07. The van der Waals surface area contributed by atoms with Crippen molar-refractivity contribution in [1.29, 1.82) is 0 Å². The van der Waals surface area contributed by atoms with E-state index in [1.54, 1.807) is 35.1 Å². The van der Waals surface area contributed by atoms with Crippen molar-refractivity contribution in [1.82, 2.24) is 30.0 Å². The Balaban J connectivity index is 2.29. The first kappa shape index (κ1) is 9.17. The molecule has 7 heteroatoms. The van der Waals surface area contributed by atoms with E-state index in [9.17, 15) is 0 Å². The summed E-state index contributed by atoms with van der Waals surface area (Å²) in [5, 5.41) is 20.0. The predicted molar refractivity (Wildman–Crippen MR) is 56.8 cm³/mol. The van der Waals surface area contributed by atoms with E-state index >= 15 is 0 Å². The van der Waals surface area contributed by atoms with Crippen LogP contribution in [0.3, 0.4) is 0 Å². The summed E-state index contributed by atoms with van der Waals surface area (Å²) < 4.78 is 1.57. The van der Waals surface area contributed by atoms with Gasteiger partial charge in [-0.2, -0.15) is 19.8 Å². The molecule has 0 spiro atoms. The number of nitrogens with zero attached hydrogens (tertiary/aromatic N) is 6. The first-order valence-corrected chi connectivity index (χ1v) is 4.87. The SMILES string of the molecule is Clc1ccc2nnc(-c3ccnnc3)n2n1. The maximum Gasteiger partial charge on any atom is 0.187 e. The summed E-state index contributed by atoms with van der Waals surface area (Å²) in [6.07, 6.45) is 3.18. The lowest BCUT2D eigenvalue weighted by Gasteiger charge is -1.97. The van der Waals surface area contributed by atoms with Crippen LogP contribution in [0.15, 0.2) is 30.6 Å². The summed E-state index contributed by atoms with van der Waals surface area (Å²) >= 11 is 5.82. The molecule has 0 saturated carbocycles. The van der Waals surface area contributed by atoms with E-state index in [1.165, 1.54) is 0 Å². The summed E-state index contributed by atoms with van der Waals surface area (Å²) in [4.78, 5) is 0. The minimum Gasteiger partial charge on any atom is -0.191 e. The van der Waals surface area contributed by atoms with E-state index in [1.807, 2.05) is 0 Å². The Labute approximate surface area is 94.9 Å². The molecule has 0 bridgehead atoms. The minimum absolute atomic E-state index is 0.385. The summed E-state index contributed by atoms with van der Waals surface area (Å²) in [5.74, 6) is 0.590. The number of aromatic nitrogens is 6. The van der Waals surface area contributed by atoms with Crippen LogP contribution in [0, 0.1) is 0 Å². The van der Waals surface area contributed by atoms with Crippen LogP contribution in [0.1, 0.15) is 0 Å². The van der Waals surface area contributed by atoms with Gasteiger partial charge in [-0.15, -0.1) is 10.2 Å². The Morgan fingerprint density at radius 1 is 1.06 bits per heavy atom. The number of rotatable bonds is 1. The van der Waals surface area contributed by atoms with Gasteiger partial charge in [0, 0.05) is 5.56 Å². The highest BCUT2D eigenvalue weighted by atomic mass is 35.5. The molecule has 3 aromatic rings. The zero-order valence-electron chi connectivity index (χ0n) is 7.95. The first-order valence-electron chi connectivity index (χ1n) is 4.49. The van der Waals surface area contributed by atoms with Gasteiger partial charge >= 0.3 is 0 Å². The van der Waals surface area contributed by atoms with Crippen LogP contribution in [0.25, 0.3) is 17.0 Å². The highest BCUT2D eigenvalue weighted by molar-refractivity contribution is 6.29. The van der Waals surface area contributed by atoms with Gasteiger partial charge in [0.25, 0.3) is 0 Å². The standard InChI is InChI=1S/C9H5ClN6/c10-7-1-2-8-13-14-9(16(8)15-7)6-3-4-11-12-5-6/h1-5H. The topological polar surface area (TPSA) is 68.9 Å². The molecule has 0 saturated heterocycles. The lowest BCUT2D eigenvalue weighted by atomic mass is 10.3. The van der Waals surface area contributed by atoms with E-state index in [0.29, 0.717) is 16.6 Å². The molecule has 0 N–H and O–H groups in total. The smallest absolute Gasteiger partial charge is 0.187 e. The largest absolute Gasteiger partial charge is 0.191 e. The van der Waals surface area contributed by atoms with Crippen LogP contribution in [-0.2, 0) is 0 Å². The van der Waals surface area contributed by atoms with E-state index < -0.39 is 0 Å². The van der Waals surface area contributed by atoms with Crippen LogP contribution in [0.5, 0.6) is 0 Å². The molecule has 0 atom stereocenters. The van der Waals surface area contributed by atoms with Crippen molar-refractivity contribution < 1.29 is 0 Å². The highest BCUT2D eigenvalue weighted by Gasteiger charge is 2.09. The van der Waals surface area contributed by atoms with Crippen LogP contribution in [0.2, 0.25) is 5.15 Å². The predicted octanol–water partition coefficient (Wildman–Crippen LogP) is 1.23. The van der Waals surface area contributed by atoms with Gasteiger partial charge in [-0.1, -0.05) is 11.6 Å². The average molecular weight is 233 g/mol. The fraction of sp³-hybridized carbons (Fsp3) is 0. The molecule has 3 rings (SSSR count). The second-order valence-electron chi connectivity index (χ2n) is 3.08. The Bertz CT molecular complexity index is 635. The lowest BCUT2D eigenvalue weighted by molar-refractivity contribution is 0.930. The van der Waals surface area contributed by atoms with E-state index in [-0.39, 0.29) is 0 Å². The maximum atomic E-state index is 5.82. The van der Waals surface area contributed by atoms with Gasteiger partial charge in [0.15, 0.2) is 11.5 Å². The fourth-order valence-electron chi connectivity index (χ4n) is 1.37. The van der Waals surface area contributed by atoms with Crippen molar-refractivity contribution in [3.05, 3.63) is 35.7 Å². The highest BCUT2D eigenvalue weighted by Crippen LogP contribution is 2.16. The Morgan fingerprint density at radius 3 is 2.81 bits per heavy atom.